The third kappa shape index (κ3) is 2.49. The van der Waals surface area contributed by atoms with Crippen LogP contribution in [0.2, 0.25) is 0 Å². The Bertz CT molecular complexity index is 383. The predicted molar refractivity (Wildman–Crippen MR) is 53.3 cm³/mol. The van der Waals surface area contributed by atoms with Crippen molar-refractivity contribution in [2.75, 3.05) is 0 Å². The van der Waals surface area contributed by atoms with Crippen molar-refractivity contribution in [3.63, 3.8) is 0 Å². The van der Waals surface area contributed by atoms with Crippen molar-refractivity contribution in [3.8, 4) is 0 Å². The fourth-order valence-corrected chi connectivity index (χ4v) is 1.31. The minimum absolute atomic E-state index is 0.0361. The van der Waals surface area contributed by atoms with Gasteiger partial charge >= 0.3 is 0 Å². The van der Waals surface area contributed by atoms with Gasteiger partial charge in [-0.15, -0.1) is 0 Å². The lowest BCUT2D eigenvalue weighted by Crippen LogP contribution is -2.07. The van der Waals surface area contributed by atoms with Crippen LogP contribution < -0.4 is 0 Å². The normalized spacial score (nSPS) is 9.93. The van der Waals surface area contributed by atoms with Gasteiger partial charge in [-0.2, -0.15) is 0 Å². The number of pyridine rings is 1. The second kappa shape index (κ2) is 4.13. The van der Waals surface area contributed by atoms with E-state index in [2.05, 4.69) is 4.98 Å². The van der Waals surface area contributed by atoms with Crippen LogP contribution in [0.5, 0.6) is 0 Å². The molecule has 3 heteroatoms. The maximum absolute atomic E-state index is 11.5. The van der Waals surface area contributed by atoms with Gasteiger partial charge in [0.25, 0.3) is 0 Å². The first-order valence-electron chi connectivity index (χ1n) is 4.46. The molecule has 0 atom stereocenters. The van der Waals surface area contributed by atoms with Crippen LogP contribution >= 0.6 is 0 Å². The molecular weight excluding hydrogens is 178 g/mol. The topological polar surface area (TPSA) is 47.0 Å². The van der Waals surface area contributed by atoms with E-state index < -0.39 is 0 Å². The summed E-state index contributed by atoms with van der Waals surface area (Å²) in [5.74, 6) is -0.266. The standard InChI is InChI=1S/C11H13NO2/c1-7-4-8(2)12-6-10(7)11(14)5-9(3)13/h4,6H,5H2,1-3H3. The molecule has 0 aliphatic carbocycles. The number of rotatable bonds is 3. The highest BCUT2D eigenvalue weighted by Crippen LogP contribution is 2.10. The molecule has 0 aliphatic heterocycles. The zero-order chi connectivity index (χ0) is 10.7. The number of aromatic nitrogens is 1. The molecule has 0 aliphatic rings. The number of carbonyl (C=O) groups excluding carboxylic acids is 2. The Hall–Kier alpha value is -1.51. The van der Waals surface area contributed by atoms with Crippen molar-refractivity contribution in [1.82, 2.24) is 4.98 Å². The van der Waals surface area contributed by atoms with Crippen LogP contribution in [0.1, 0.15) is 35.0 Å². The van der Waals surface area contributed by atoms with E-state index in [1.54, 1.807) is 0 Å². The van der Waals surface area contributed by atoms with E-state index in [1.165, 1.54) is 13.1 Å². The van der Waals surface area contributed by atoms with Gasteiger partial charge in [0, 0.05) is 17.5 Å². The summed E-state index contributed by atoms with van der Waals surface area (Å²) in [7, 11) is 0. The van der Waals surface area contributed by atoms with Gasteiger partial charge in [0.2, 0.25) is 0 Å². The number of Topliss-reactive ketones (excluding diaryl/α,β-unsaturated/α-hetero) is 2. The number of aryl methyl sites for hydroxylation is 2. The van der Waals surface area contributed by atoms with Crippen LogP contribution in [0.3, 0.4) is 0 Å². The summed E-state index contributed by atoms with van der Waals surface area (Å²) < 4.78 is 0. The fraction of sp³-hybridized carbons (Fsp3) is 0.364. The molecule has 1 heterocycles. The maximum Gasteiger partial charge on any atom is 0.172 e. The molecule has 0 aromatic carbocycles. The third-order valence-electron chi connectivity index (χ3n) is 1.96. The quantitative estimate of drug-likeness (QED) is 0.541. The first-order chi connectivity index (χ1) is 6.50. The zero-order valence-corrected chi connectivity index (χ0v) is 8.63. The molecule has 0 amide bonds. The predicted octanol–water partition coefficient (Wildman–Crippen LogP) is 1.86. The average Bonchev–Trinajstić information content (AvgIpc) is 2.01. The second-order valence-electron chi connectivity index (χ2n) is 3.44. The van der Waals surface area contributed by atoms with Crippen molar-refractivity contribution in [2.45, 2.75) is 27.2 Å². The number of nitrogens with zero attached hydrogens (tertiary/aromatic N) is 1. The van der Waals surface area contributed by atoms with Crippen molar-refractivity contribution in [3.05, 3.63) is 29.1 Å². The number of hydrogen-bond acceptors (Lipinski definition) is 3. The lowest BCUT2D eigenvalue weighted by molar-refractivity contribution is -0.116. The molecule has 1 aromatic heterocycles. The van der Waals surface area contributed by atoms with Gasteiger partial charge in [0.15, 0.2) is 5.78 Å². The molecule has 0 saturated heterocycles. The van der Waals surface area contributed by atoms with Crippen LogP contribution in [0.4, 0.5) is 0 Å². The van der Waals surface area contributed by atoms with E-state index in [4.69, 9.17) is 0 Å². The van der Waals surface area contributed by atoms with Gasteiger partial charge in [0.1, 0.15) is 5.78 Å². The van der Waals surface area contributed by atoms with Gasteiger partial charge in [-0.05, 0) is 32.4 Å². The van der Waals surface area contributed by atoms with Gasteiger partial charge in [-0.3, -0.25) is 14.6 Å². The minimum Gasteiger partial charge on any atom is -0.300 e. The highest BCUT2D eigenvalue weighted by molar-refractivity contribution is 6.07. The van der Waals surface area contributed by atoms with E-state index >= 15 is 0 Å². The minimum atomic E-state index is -0.150. The molecule has 0 saturated carbocycles. The first kappa shape index (κ1) is 10.6. The van der Waals surface area contributed by atoms with E-state index in [0.29, 0.717) is 5.56 Å². The molecule has 74 valence electrons. The van der Waals surface area contributed by atoms with Crippen LogP contribution in [-0.4, -0.2) is 16.6 Å². The van der Waals surface area contributed by atoms with Gasteiger partial charge in [-0.1, -0.05) is 0 Å². The van der Waals surface area contributed by atoms with E-state index in [0.717, 1.165) is 11.3 Å². The zero-order valence-electron chi connectivity index (χ0n) is 8.63. The third-order valence-corrected chi connectivity index (χ3v) is 1.96. The highest BCUT2D eigenvalue weighted by atomic mass is 16.1. The molecule has 0 N–H and O–H groups in total. The molecular formula is C11H13NO2. The SMILES string of the molecule is CC(=O)CC(=O)c1cnc(C)cc1C. The fourth-order valence-electron chi connectivity index (χ4n) is 1.31. The molecule has 0 radical (unpaired) electrons. The molecule has 3 nitrogen and oxygen atoms in total. The van der Waals surface area contributed by atoms with Crippen LogP contribution in [0.25, 0.3) is 0 Å². The van der Waals surface area contributed by atoms with Gasteiger partial charge in [0.05, 0.1) is 6.42 Å². The summed E-state index contributed by atoms with van der Waals surface area (Å²) in [6.07, 6.45) is 1.50. The number of hydrogen-bond donors (Lipinski definition) is 0. The molecule has 0 bridgehead atoms. The Morgan fingerprint density at radius 2 is 2.00 bits per heavy atom. The smallest absolute Gasteiger partial charge is 0.172 e. The number of carbonyl (C=O) groups is 2. The van der Waals surface area contributed by atoms with Crippen LogP contribution in [-0.2, 0) is 4.79 Å². The monoisotopic (exact) mass is 191 g/mol. The summed E-state index contributed by atoms with van der Waals surface area (Å²) in [6, 6.07) is 1.84. The molecule has 0 spiro atoms. The van der Waals surface area contributed by atoms with Gasteiger partial charge < -0.3 is 0 Å². The van der Waals surface area contributed by atoms with Crippen molar-refractivity contribution < 1.29 is 9.59 Å². The summed E-state index contributed by atoms with van der Waals surface area (Å²) in [5.41, 5.74) is 2.30. The summed E-state index contributed by atoms with van der Waals surface area (Å²) >= 11 is 0. The summed E-state index contributed by atoms with van der Waals surface area (Å²) in [6.45, 7) is 5.13. The average molecular weight is 191 g/mol. The van der Waals surface area contributed by atoms with Crippen LogP contribution in [0.15, 0.2) is 12.3 Å². The maximum atomic E-state index is 11.5. The highest BCUT2D eigenvalue weighted by Gasteiger charge is 2.11. The van der Waals surface area contributed by atoms with E-state index in [1.807, 2.05) is 19.9 Å². The lowest BCUT2D eigenvalue weighted by Gasteiger charge is -2.03. The molecule has 14 heavy (non-hydrogen) atoms. The van der Waals surface area contributed by atoms with Crippen molar-refractivity contribution in [2.24, 2.45) is 0 Å². The molecule has 1 rings (SSSR count). The molecule has 1 aromatic rings. The Balaban J connectivity index is 2.96. The van der Waals surface area contributed by atoms with Crippen molar-refractivity contribution in [1.29, 1.82) is 0 Å². The molecule has 0 unspecified atom stereocenters. The Morgan fingerprint density at radius 1 is 1.36 bits per heavy atom. The van der Waals surface area contributed by atoms with E-state index in [9.17, 15) is 9.59 Å². The Morgan fingerprint density at radius 3 is 2.50 bits per heavy atom. The Labute approximate surface area is 83.2 Å². The van der Waals surface area contributed by atoms with Crippen molar-refractivity contribution >= 4 is 11.6 Å². The first-order valence-corrected chi connectivity index (χ1v) is 4.46. The lowest BCUT2D eigenvalue weighted by atomic mass is 10.0. The number of ketones is 2. The van der Waals surface area contributed by atoms with Gasteiger partial charge in [-0.25, -0.2) is 0 Å². The Kier molecular flexibility index (Phi) is 3.12. The van der Waals surface area contributed by atoms with Crippen LogP contribution in [0, 0.1) is 13.8 Å². The molecule has 0 fully saturated rings. The largest absolute Gasteiger partial charge is 0.300 e. The second-order valence-corrected chi connectivity index (χ2v) is 3.44. The summed E-state index contributed by atoms with van der Waals surface area (Å²) in [5, 5.41) is 0. The van der Waals surface area contributed by atoms with E-state index in [-0.39, 0.29) is 18.0 Å². The summed E-state index contributed by atoms with van der Waals surface area (Å²) in [4.78, 5) is 26.3.